The van der Waals surface area contributed by atoms with Crippen molar-refractivity contribution in [3.63, 3.8) is 0 Å². The van der Waals surface area contributed by atoms with Crippen molar-refractivity contribution in [2.45, 2.75) is 43.4 Å². The summed E-state index contributed by atoms with van der Waals surface area (Å²) in [5, 5.41) is 0. The molecule has 1 saturated heterocycles. The van der Waals surface area contributed by atoms with Gasteiger partial charge in [0.1, 0.15) is 6.61 Å². The minimum absolute atomic E-state index is 0.956. The molecule has 7 nitrogen and oxygen atoms in total. The Balaban J connectivity index is 2.81. The van der Waals surface area contributed by atoms with Crippen LogP contribution in [0.25, 0.3) is 0 Å². The lowest BCUT2D eigenvalue weighted by atomic mass is 10.2. The van der Waals surface area contributed by atoms with E-state index >= 15 is 0 Å². The predicted molar refractivity (Wildman–Crippen MR) is 58.4 cm³/mol. The summed E-state index contributed by atoms with van der Waals surface area (Å²) in [5.41, 5.74) is 0. The van der Waals surface area contributed by atoms with Gasteiger partial charge in [0.2, 0.25) is 6.29 Å². The monoisotopic (exact) mass is 422 g/mol. The minimum Gasteiger partial charge on any atom is -0.456 e. The van der Waals surface area contributed by atoms with Gasteiger partial charge in [0, 0.05) is 6.42 Å². The summed E-state index contributed by atoms with van der Waals surface area (Å²) in [4.78, 5) is 32.0. The molecule has 0 aromatic rings. The first-order valence-corrected chi connectivity index (χ1v) is 6.47. The van der Waals surface area contributed by atoms with E-state index in [2.05, 4.69) is 18.9 Å². The predicted octanol–water partition coefficient (Wildman–Crippen LogP) is 1.79. The molecule has 1 fully saturated rings. The zero-order chi connectivity index (χ0) is 21.2. The molecule has 0 unspecified atom stereocenters. The summed E-state index contributed by atoms with van der Waals surface area (Å²) < 4.78 is 125. The zero-order valence-corrected chi connectivity index (χ0v) is 12.4. The van der Waals surface area contributed by atoms with Crippen LogP contribution in [0.4, 0.5) is 39.5 Å². The van der Waals surface area contributed by atoms with E-state index in [1.165, 1.54) is 0 Å². The Bertz CT molecular complexity index is 544. The fourth-order valence-corrected chi connectivity index (χ4v) is 1.64. The molecular formula is C11H7F9O7. The topological polar surface area (TPSA) is 88.1 Å². The lowest BCUT2D eigenvalue weighted by Gasteiger charge is -2.20. The van der Waals surface area contributed by atoms with Crippen LogP contribution < -0.4 is 0 Å². The standard InChI is InChI=1S/C11H7F9O7/c12-9(13,14)6(21)24-2-3-1-4(26-7(22)10(15,16)17)5(25-3)27-8(23)11(18,19)20/h3-5H,1-2H2/t3-,4-,5+/m0/s1. The Morgan fingerprint density at radius 1 is 0.778 bits per heavy atom. The van der Waals surface area contributed by atoms with Crippen LogP contribution in [0.2, 0.25) is 0 Å². The smallest absolute Gasteiger partial charge is 0.456 e. The second kappa shape index (κ2) is 7.77. The van der Waals surface area contributed by atoms with Gasteiger partial charge in [-0.05, 0) is 0 Å². The normalized spacial score (nSPS) is 23.7. The Labute approximate surface area is 142 Å². The van der Waals surface area contributed by atoms with Crippen molar-refractivity contribution in [2.75, 3.05) is 6.61 Å². The van der Waals surface area contributed by atoms with Gasteiger partial charge in [-0.1, -0.05) is 0 Å². The highest BCUT2D eigenvalue weighted by Crippen LogP contribution is 2.30. The number of carbonyl (C=O) groups excluding carboxylic acids is 3. The molecule has 0 saturated carbocycles. The van der Waals surface area contributed by atoms with Crippen molar-refractivity contribution in [2.24, 2.45) is 0 Å². The first-order chi connectivity index (χ1) is 12.0. The molecule has 3 atom stereocenters. The number of rotatable bonds is 4. The highest BCUT2D eigenvalue weighted by Gasteiger charge is 2.51. The van der Waals surface area contributed by atoms with Crippen molar-refractivity contribution in [3.05, 3.63) is 0 Å². The second-order valence-electron chi connectivity index (χ2n) is 4.80. The van der Waals surface area contributed by atoms with E-state index in [0.29, 0.717) is 0 Å². The van der Waals surface area contributed by atoms with Crippen LogP contribution in [0.1, 0.15) is 6.42 Å². The lowest BCUT2D eigenvalue weighted by Crippen LogP contribution is -2.39. The maximum Gasteiger partial charge on any atom is 0.491 e. The molecule has 0 bridgehead atoms. The highest BCUT2D eigenvalue weighted by molar-refractivity contribution is 5.77. The van der Waals surface area contributed by atoms with Crippen molar-refractivity contribution in [3.8, 4) is 0 Å². The number of hydrogen-bond donors (Lipinski definition) is 0. The third-order valence-corrected chi connectivity index (χ3v) is 2.70. The van der Waals surface area contributed by atoms with Gasteiger partial charge in [-0.25, -0.2) is 14.4 Å². The van der Waals surface area contributed by atoms with E-state index in [1.807, 2.05) is 0 Å². The molecule has 0 spiro atoms. The van der Waals surface area contributed by atoms with Gasteiger partial charge in [0.25, 0.3) is 0 Å². The molecule has 0 amide bonds. The number of halogens is 9. The fraction of sp³-hybridized carbons (Fsp3) is 0.727. The number of alkyl halides is 9. The van der Waals surface area contributed by atoms with Crippen molar-refractivity contribution >= 4 is 17.9 Å². The van der Waals surface area contributed by atoms with Crippen LogP contribution in [0.5, 0.6) is 0 Å². The van der Waals surface area contributed by atoms with E-state index in [1.54, 1.807) is 0 Å². The van der Waals surface area contributed by atoms with Gasteiger partial charge in [-0.15, -0.1) is 0 Å². The van der Waals surface area contributed by atoms with E-state index in [9.17, 15) is 53.9 Å². The van der Waals surface area contributed by atoms with Crippen LogP contribution in [0, 0.1) is 0 Å². The summed E-state index contributed by atoms with van der Waals surface area (Å²) in [6.45, 7) is -1.28. The number of esters is 3. The van der Waals surface area contributed by atoms with Crippen LogP contribution >= 0.6 is 0 Å². The molecule has 1 aliphatic rings. The van der Waals surface area contributed by atoms with Gasteiger partial charge in [-0.3, -0.25) is 0 Å². The van der Waals surface area contributed by atoms with E-state index in [4.69, 9.17) is 0 Å². The average molecular weight is 422 g/mol. The summed E-state index contributed by atoms with van der Waals surface area (Å²) in [5.74, 6) is -8.52. The minimum atomic E-state index is -5.59. The van der Waals surface area contributed by atoms with Crippen LogP contribution in [-0.2, 0) is 33.3 Å². The zero-order valence-electron chi connectivity index (χ0n) is 12.4. The average Bonchev–Trinajstić information content (AvgIpc) is 2.83. The molecule has 1 aliphatic heterocycles. The van der Waals surface area contributed by atoms with Crippen LogP contribution in [0.3, 0.4) is 0 Å². The quantitative estimate of drug-likeness (QED) is 0.388. The molecule has 0 aromatic heterocycles. The maximum atomic E-state index is 12.2. The molecule has 156 valence electrons. The Kier molecular flexibility index (Phi) is 6.56. The summed E-state index contributed by atoms with van der Waals surface area (Å²) >= 11 is 0. The molecular weight excluding hydrogens is 415 g/mol. The Morgan fingerprint density at radius 3 is 1.67 bits per heavy atom. The Morgan fingerprint density at radius 2 is 1.22 bits per heavy atom. The molecule has 0 aromatic carbocycles. The highest BCUT2D eigenvalue weighted by atomic mass is 19.4. The third-order valence-electron chi connectivity index (χ3n) is 2.70. The molecule has 27 heavy (non-hydrogen) atoms. The molecule has 1 rings (SSSR count). The summed E-state index contributed by atoms with van der Waals surface area (Å²) in [7, 11) is 0. The summed E-state index contributed by atoms with van der Waals surface area (Å²) in [6, 6.07) is 0. The van der Waals surface area contributed by atoms with Gasteiger partial charge in [-0.2, -0.15) is 39.5 Å². The Hall–Kier alpha value is -2.26. The largest absolute Gasteiger partial charge is 0.491 e. The van der Waals surface area contributed by atoms with Crippen LogP contribution in [0.15, 0.2) is 0 Å². The number of ether oxygens (including phenoxy) is 4. The number of carbonyl (C=O) groups is 3. The van der Waals surface area contributed by atoms with Crippen molar-refractivity contribution in [1.82, 2.24) is 0 Å². The third kappa shape index (κ3) is 6.76. The molecule has 0 radical (unpaired) electrons. The SMILES string of the molecule is O=C(OC[C@@H]1C[C@H](OC(=O)C(F)(F)F)[C@@H](OC(=O)C(F)(F)F)O1)C(F)(F)F. The fourth-order valence-electron chi connectivity index (χ4n) is 1.64. The first-order valence-electron chi connectivity index (χ1n) is 6.47. The van der Waals surface area contributed by atoms with Gasteiger partial charge in [0.05, 0.1) is 6.10 Å². The maximum absolute atomic E-state index is 12.2. The van der Waals surface area contributed by atoms with Gasteiger partial charge >= 0.3 is 36.4 Å². The van der Waals surface area contributed by atoms with E-state index in [0.717, 1.165) is 0 Å². The van der Waals surface area contributed by atoms with Crippen molar-refractivity contribution < 1.29 is 72.8 Å². The molecule has 1 heterocycles. The molecule has 16 heteroatoms. The van der Waals surface area contributed by atoms with Gasteiger partial charge in [0.15, 0.2) is 6.10 Å². The molecule has 0 aliphatic carbocycles. The summed E-state index contributed by atoms with van der Waals surface area (Å²) in [6.07, 6.45) is -24.1. The lowest BCUT2D eigenvalue weighted by molar-refractivity contribution is -0.241. The van der Waals surface area contributed by atoms with E-state index < -0.39 is 68.0 Å². The van der Waals surface area contributed by atoms with Crippen molar-refractivity contribution in [1.29, 1.82) is 0 Å². The van der Waals surface area contributed by atoms with E-state index in [-0.39, 0.29) is 0 Å². The van der Waals surface area contributed by atoms with Gasteiger partial charge < -0.3 is 18.9 Å². The molecule has 0 N–H and O–H groups in total. The van der Waals surface area contributed by atoms with Crippen LogP contribution in [-0.4, -0.2) is 61.5 Å². The number of hydrogen-bond acceptors (Lipinski definition) is 7. The first kappa shape index (κ1) is 22.8. The second-order valence-corrected chi connectivity index (χ2v) is 4.80.